The third-order valence-electron chi connectivity index (χ3n) is 5.69. The fraction of sp³-hybridized carbons (Fsp3) is 0.346. The van der Waals surface area contributed by atoms with Gasteiger partial charge in [0.1, 0.15) is 14.8 Å². The van der Waals surface area contributed by atoms with Crippen molar-refractivity contribution >= 4 is 49.4 Å². The lowest BCUT2D eigenvalue weighted by molar-refractivity contribution is 0.0956. The summed E-state index contributed by atoms with van der Waals surface area (Å²) in [6.45, 7) is 4.73. The number of pyridine rings is 1. The summed E-state index contributed by atoms with van der Waals surface area (Å²) in [4.78, 5) is 6.83. The van der Waals surface area contributed by atoms with Crippen molar-refractivity contribution in [1.82, 2.24) is 4.98 Å². The number of hydrogen-bond acceptors (Lipinski definition) is 7. The van der Waals surface area contributed by atoms with Gasteiger partial charge in [-0.2, -0.15) is 0 Å². The maximum atomic E-state index is 13.0. The smallest absolute Gasteiger partial charge is 0.127 e. The molecule has 2 unspecified atom stereocenters. The van der Waals surface area contributed by atoms with E-state index in [1.54, 1.807) is 18.4 Å². The number of ether oxygens (including phenoxy) is 2. The Labute approximate surface area is 211 Å². The predicted molar refractivity (Wildman–Crippen MR) is 146 cm³/mol. The molecule has 0 spiro atoms. The van der Waals surface area contributed by atoms with Crippen LogP contribution in [-0.2, 0) is 15.5 Å². The second-order valence-corrected chi connectivity index (χ2v) is 11.8. The van der Waals surface area contributed by atoms with Crippen LogP contribution in [0.25, 0.3) is 31.9 Å². The van der Waals surface area contributed by atoms with Gasteiger partial charge >= 0.3 is 0 Å². The lowest BCUT2D eigenvalue weighted by Crippen LogP contribution is -2.10. The molecule has 1 aromatic carbocycles. The second-order valence-electron chi connectivity index (χ2n) is 8.13. The molecule has 0 fully saturated rings. The highest BCUT2D eigenvalue weighted by atomic mass is 32.2. The Morgan fingerprint density at radius 1 is 1.21 bits per heavy atom. The third kappa shape index (κ3) is 5.51. The summed E-state index contributed by atoms with van der Waals surface area (Å²) in [6.07, 6.45) is 2.91. The topological polar surface area (TPSA) is 74.4 Å². The Morgan fingerprint density at radius 3 is 2.68 bits per heavy atom. The zero-order chi connectivity index (χ0) is 24.1. The summed E-state index contributed by atoms with van der Waals surface area (Å²) in [7, 11) is 0.587. The summed E-state index contributed by atoms with van der Waals surface area (Å²) in [6, 6.07) is 14.2. The Hall–Kier alpha value is -2.26. The third-order valence-corrected chi connectivity index (χ3v) is 9.58. The number of aromatic nitrogens is 1. The van der Waals surface area contributed by atoms with Crippen molar-refractivity contribution < 1.29 is 13.7 Å². The molecule has 4 aromatic rings. The van der Waals surface area contributed by atoms with Crippen molar-refractivity contribution in [3.05, 3.63) is 47.8 Å². The van der Waals surface area contributed by atoms with Crippen LogP contribution in [0.15, 0.2) is 52.1 Å². The van der Waals surface area contributed by atoms with Crippen molar-refractivity contribution in [3.63, 3.8) is 0 Å². The Balaban J connectivity index is 1.73. The fourth-order valence-electron chi connectivity index (χ4n) is 3.61. The molecule has 8 heteroatoms. The molecule has 3 heterocycles. The summed E-state index contributed by atoms with van der Waals surface area (Å²) < 4.78 is 24.9. The van der Waals surface area contributed by atoms with Crippen molar-refractivity contribution in [3.8, 4) is 27.4 Å². The first kappa shape index (κ1) is 24.9. The lowest BCUT2D eigenvalue weighted by Gasteiger charge is -2.12. The number of unbranched alkanes of at least 4 members (excludes halogenated alkanes) is 1. The predicted octanol–water partition coefficient (Wildman–Crippen LogP) is 6.99. The first-order valence-corrected chi connectivity index (χ1v) is 14.4. The maximum absolute atomic E-state index is 13.0. The highest BCUT2D eigenvalue weighted by Gasteiger charge is 2.21. The van der Waals surface area contributed by atoms with Crippen LogP contribution in [0.4, 0.5) is 5.69 Å². The van der Waals surface area contributed by atoms with Gasteiger partial charge in [0.15, 0.2) is 0 Å². The van der Waals surface area contributed by atoms with Gasteiger partial charge in [0.2, 0.25) is 0 Å². The highest BCUT2D eigenvalue weighted by molar-refractivity contribution is 7.87. The van der Waals surface area contributed by atoms with Gasteiger partial charge in [-0.05, 0) is 54.1 Å². The lowest BCUT2D eigenvalue weighted by atomic mass is 10.0. The first-order chi connectivity index (χ1) is 16.5. The van der Waals surface area contributed by atoms with E-state index in [-0.39, 0.29) is 6.10 Å². The molecule has 0 saturated carbocycles. The molecule has 0 bridgehead atoms. The molecule has 0 radical (unpaired) electrons. The SMILES string of the molecule is CCCCS(=O)c1sc2nc(-c3cccs3)cc(-c3ccc(OCCC(C)OC)cc3)c2c1N. The Morgan fingerprint density at radius 2 is 2.00 bits per heavy atom. The second kappa shape index (κ2) is 11.4. The number of thiophene rings is 2. The first-order valence-electron chi connectivity index (χ1n) is 11.4. The molecule has 4 rings (SSSR count). The molecule has 180 valence electrons. The molecule has 5 nitrogen and oxygen atoms in total. The van der Waals surface area contributed by atoms with Crippen molar-refractivity contribution in [2.24, 2.45) is 0 Å². The van der Waals surface area contributed by atoms with Gasteiger partial charge in [0.05, 0.1) is 39.8 Å². The van der Waals surface area contributed by atoms with E-state index in [4.69, 9.17) is 20.2 Å². The van der Waals surface area contributed by atoms with Crippen LogP contribution in [0, 0.1) is 0 Å². The highest BCUT2D eigenvalue weighted by Crippen LogP contribution is 2.43. The number of benzene rings is 1. The molecular weight excluding hydrogens is 484 g/mol. The van der Waals surface area contributed by atoms with Crippen LogP contribution in [0.2, 0.25) is 0 Å². The molecule has 2 N–H and O–H groups in total. The number of nitrogens with zero attached hydrogens (tertiary/aromatic N) is 1. The van der Waals surface area contributed by atoms with E-state index in [0.717, 1.165) is 61.1 Å². The van der Waals surface area contributed by atoms with Crippen LogP contribution >= 0.6 is 22.7 Å². The molecule has 0 aliphatic carbocycles. The minimum atomic E-state index is -1.12. The fourth-order valence-corrected chi connectivity index (χ4v) is 7.09. The molecule has 0 saturated heterocycles. The quantitative estimate of drug-likeness (QED) is 0.234. The van der Waals surface area contributed by atoms with E-state index in [0.29, 0.717) is 18.0 Å². The zero-order valence-corrected chi connectivity index (χ0v) is 22.2. The van der Waals surface area contributed by atoms with Crippen molar-refractivity contribution in [2.45, 2.75) is 43.4 Å². The standard InChI is InChI=1S/C26H30N2O3S3/c1-4-5-15-34(29)26-24(27)23-20(16-21(28-25(23)33-26)22-7-6-14-32-22)18-8-10-19(11-9-18)31-13-12-17(2)30-3/h6-11,14,16-17H,4-5,12-13,15,27H2,1-3H3. The molecule has 3 aromatic heterocycles. The Bertz CT molecular complexity index is 1250. The minimum absolute atomic E-state index is 0.165. The van der Waals surface area contributed by atoms with Crippen LogP contribution in [-0.4, -0.2) is 34.8 Å². The number of nitrogen functional groups attached to an aromatic ring is 1. The maximum Gasteiger partial charge on any atom is 0.127 e. The van der Waals surface area contributed by atoms with Gasteiger partial charge in [-0.1, -0.05) is 31.5 Å². The zero-order valence-electron chi connectivity index (χ0n) is 19.7. The van der Waals surface area contributed by atoms with E-state index in [1.807, 2.05) is 42.6 Å². The van der Waals surface area contributed by atoms with E-state index in [2.05, 4.69) is 19.1 Å². The van der Waals surface area contributed by atoms with E-state index >= 15 is 0 Å². The van der Waals surface area contributed by atoms with Gasteiger partial charge in [-0.25, -0.2) is 4.98 Å². The normalized spacial score (nSPS) is 13.3. The summed E-state index contributed by atoms with van der Waals surface area (Å²) >= 11 is 3.11. The molecule has 2 atom stereocenters. The number of fused-ring (bicyclic) bond motifs is 1. The van der Waals surface area contributed by atoms with Gasteiger partial charge in [0.25, 0.3) is 0 Å². The van der Waals surface area contributed by atoms with Crippen LogP contribution in [0.1, 0.15) is 33.1 Å². The summed E-state index contributed by atoms with van der Waals surface area (Å²) in [5.74, 6) is 1.43. The average molecular weight is 515 g/mol. The average Bonchev–Trinajstić information content (AvgIpc) is 3.51. The molecule has 0 aliphatic heterocycles. The number of hydrogen-bond donors (Lipinski definition) is 1. The molecular formula is C26H30N2O3S3. The van der Waals surface area contributed by atoms with Gasteiger partial charge in [-0.15, -0.1) is 22.7 Å². The number of anilines is 1. The van der Waals surface area contributed by atoms with Crippen molar-refractivity contribution in [2.75, 3.05) is 25.2 Å². The van der Waals surface area contributed by atoms with E-state index in [9.17, 15) is 4.21 Å². The number of nitrogens with two attached hydrogens (primary N) is 1. The van der Waals surface area contributed by atoms with Gasteiger partial charge in [0, 0.05) is 24.7 Å². The van der Waals surface area contributed by atoms with Crippen LogP contribution < -0.4 is 10.5 Å². The van der Waals surface area contributed by atoms with Crippen molar-refractivity contribution in [1.29, 1.82) is 0 Å². The molecule has 0 amide bonds. The largest absolute Gasteiger partial charge is 0.493 e. The van der Waals surface area contributed by atoms with Crippen LogP contribution in [0.3, 0.4) is 0 Å². The number of methoxy groups -OCH3 is 1. The molecule has 0 aliphatic rings. The minimum Gasteiger partial charge on any atom is -0.493 e. The molecule has 34 heavy (non-hydrogen) atoms. The summed E-state index contributed by atoms with van der Waals surface area (Å²) in [5, 5.41) is 2.93. The van der Waals surface area contributed by atoms with Gasteiger partial charge in [-0.3, -0.25) is 4.21 Å². The van der Waals surface area contributed by atoms with E-state index in [1.165, 1.54) is 11.3 Å². The van der Waals surface area contributed by atoms with E-state index < -0.39 is 10.8 Å². The number of rotatable bonds is 11. The van der Waals surface area contributed by atoms with Crippen LogP contribution in [0.5, 0.6) is 5.75 Å². The monoisotopic (exact) mass is 514 g/mol. The Kier molecular flexibility index (Phi) is 8.37. The van der Waals surface area contributed by atoms with Gasteiger partial charge < -0.3 is 15.2 Å². The summed E-state index contributed by atoms with van der Waals surface area (Å²) in [5.41, 5.74) is 10.1.